The van der Waals surface area contributed by atoms with Gasteiger partial charge in [-0.1, -0.05) is 53.9 Å². The number of carbonyl (C=O) groups is 4. The molecular formula is C21H39N3O5. The van der Waals surface area contributed by atoms with Crippen LogP contribution in [0.25, 0.3) is 0 Å². The number of amides is 3. The van der Waals surface area contributed by atoms with Crippen LogP contribution in [0, 0.1) is 11.3 Å². The lowest BCUT2D eigenvalue weighted by molar-refractivity contribution is -0.137. The molecule has 3 amide bonds. The molecule has 0 bridgehead atoms. The maximum absolute atomic E-state index is 12.5. The van der Waals surface area contributed by atoms with Crippen molar-refractivity contribution in [3.8, 4) is 0 Å². The highest BCUT2D eigenvalue weighted by Crippen LogP contribution is 2.13. The summed E-state index contributed by atoms with van der Waals surface area (Å²) in [7, 11) is 0. The van der Waals surface area contributed by atoms with Crippen molar-refractivity contribution in [2.24, 2.45) is 11.3 Å². The molecule has 0 unspecified atom stereocenters. The molecule has 2 atom stereocenters. The molecule has 0 radical (unpaired) electrons. The Morgan fingerprint density at radius 3 is 1.90 bits per heavy atom. The first kappa shape index (κ1) is 26.9. The number of unbranched alkanes of at least 4 members (excludes halogenated alkanes) is 4. The summed E-state index contributed by atoms with van der Waals surface area (Å²) in [5, 5.41) is 16.8. The Kier molecular flexibility index (Phi) is 12.2. The van der Waals surface area contributed by atoms with Crippen LogP contribution in [0.4, 0.5) is 0 Å². The molecule has 0 aliphatic carbocycles. The Morgan fingerprint density at radius 1 is 0.828 bits per heavy atom. The first-order chi connectivity index (χ1) is 13.4. The van der Waals surface area contributed by atoms with E-state index >= 15 is 0 Å². The highest BCUT2D eigenvalue weighted by atomic mass is 16.4. The zero-order valence-electron chi connectivity index (χ0n) is 18.8. The fourth-order valence-electron chi connectivity index (χ4n) is 2.55. The second-order valence-corrected chi connectivity index (χ2v) is 8.88. The molecule has 0 aromatic carbocycles. The summed E-state index contributed by atoms with van der Waals surface area (Å²) in [5.41, 5.74) is -0.600. The van der Waals surface area contributed by atoms with E-state index in [-0.39, 0.29) is 24.2 Å². The summed E-state index contributed by atoms with van der Waals surface area (Å²) >= 11 is 0. The van der Waals surface area contributed by atoms with Crippen LogP contribution in [0.2, 0.25) is 0 Å². The molecule has 0 saturated heterocycles. The van der Waals surface area contributed by atoms with Crippen LogP contribution in [0.15, 0.2) is 0 Å². The minimum Gasteiger partial charge on any atom is -0.481 e. The predicted molar refractivity (Wildman–Crippen MR) is 112 cm³/mol. The average Bonchev–Trinajstić information content (AvgIpc) is 2.59. The van der Waals surface area contributed by atoms with Crippen LogP contribution in [-0.2, 0) is 19.2 Å². The van der Waals surface area contributed by atoms with Gasteiger partial charge in [0.15, 0.2) is 0 Å². The molecule has 29 heavy (non-hydrogen) atoms. The SMILES string of the molecule is CC(C)[C@@H](NC(=O)[C@@H](C)NC(=O)C(C)(C)C)C(=O)NCCCCCCCC(=O)O. The number of aliphatic carboxylic acids is 1. The van der Waals surface area contributed by atoms with Crippen LogP contribution in [0.1, 0.15) is 80.1 Å². The van der Waals surface area contributed by atoms with Crippen molar-refractivity contribution >= 4 is 23.7 Å². The number of carbonyl (C=O) groups excluding carboxylic acids is 3. The van der Waals surface area contributed by atoms with Gasteiger partial charge in [-0.3, -0.25) is 19.2 Å². The second kappa shape index (κ2) is 13.2. The second-order valence-electron chi connectivity index (χ2n) is 8.88. The third kappa shape index (κ3) is 12.1. The lowest BCUT2D eigenvalue weighted by Gasteiger charge is -2.25. The minimum atomic E-state index is -0.772. The molecule has 0 spiro atoms. The minimum absolute atomic E-state index is 0.0968. The lowest BCUT2D eigenvalue weighted by atomic mass is 9.95. The van der Waals surface area contributed by atoms with Gasteiger partial charge in [0.05, 0.1) is 0 Å². The van der Waals surface area contributed by atoms with Crippen molar-refractivity contribution in [1.29, 1.82) is 0 Å². The van der Waals surface area contributed by atoms with Gasteiger partial charge in [0.25, 0.3) is 0 Å². The van der Waals surface area contributed by atoms with Gasteiger partial charge >= 0.3 is 5.97 Å². The molecule has 0 saturated carbocycles. The van der Waals surface area contributed by atoms with Gasteiger partial charge in [0, 0.05) is 18.4 Å². The quantitative estimate of drug-likeness (QED) is 0.345. The number of carboxylic acid groups (broad SMARTS) is 1. The summed E-state index contributed by atoms with van der Waals surface area (Å²) in [4.78, 5) is 47.3. The first-order valence-electron chi connectivity index (χ1n) is 10.5. The molecule has 0 fully saturated rings. The monoisotopic (exact) mass is 413 g/mol. The van der Waals surface area contributed by atoms with E-state index in [2.05, 4.69) is 16.0 Å². The molecule has 8 nitrogen and oxygen atoms in total. The number of carboxylic acids is 1. The van der Waals surface area contributed by atoms with Gasteiger partial charge in [-0.15, -0.1) is 0 Å². The van der Waals surface area contributed by atoms with Crippen LogP contribution >= 0.6 is 0 Å². The molecule has 0 aliphatic rings. The average molecular weight is 414 g/mol. The summed E-state index contributed by atoms with van der Waals surface area (Å²) in [6, 6.07) is -1.41. The van der Waals surface area contributed by atoms with Crippen molar-refractivity contribution in [2.45, 2.75) is 92.2 Å². The van der Waals surface area contributed by atoms with Crippen molar-refractivity contribution < 1.29 is 24.3 Å². The molecule has 4 N–H and O–H groups in total. The highest BCUT2D eigenvalue weighted by Gasteiger charge is 2.29. The van der Waals surface area contributed by atoms with Crippen LogP contribution in [-0.4, -0.2) is 47.4 Å². The molecule has 0 heterocycles. The van der Waals surface area contributed by atoms with Crippen LogP contribution in [0.5, 0.6) is 0 Å². The van der Waals surface area contributed by atoms with E-state index in [1.54, 1.807) is 27.7 Å². The molecule has 0 rings (SSSR count). The van der Waals surface area contributed by atoms with E-state index in [1.165, 1.54) is 0 Å². The van der Waals surface area contributed by atoms with E-state index < -0.39 is 29.4 Å². The van der Waals surface area contributed by atoms with Gasteiger partial charge in [0.1, 0.15) is 12.1 Å². The Labute approximate surface area is 174 Å². The topological polar surface area (TPSA) is 125 Å². The number of nitrogens with one attached hydrogen (secondary N) is 3. The Balaban J connectivity index is 4.34. The number of rotatable bonds is 13. The van der Waals surface area contributed by atoms with Crippen molar-refractivity contribution in [3.05, 3.63) is 0 Å². The third-order valence-electron chi connectivity index (χ3n) is 4.54. The Hall–Kier alpha value is -2.12. The van der Waals surface area contributed by atoms with Crippen molar-refractivity contribution in [1.82, 2.24) is 16.0 Å². The largest absolute Gasteiger partial charge is 0.481 e. The zero-order valence-corrected chi connectivity index (χ0v) is 18.8. The van der Waals surface area contributed by atoms with E-state index in [0.29, 0.717) is 13.0 Å². The molecule has 8 heteroatoms. The molecule has 0 aromatic heterocycles. The fourth-order valence-corrected chi connectivity index (χ4v) is 2.55. The van der Waals surface area contributed by atoms with Gasteiger partial charge in [-0.2, -0.15) is 0 Å². The van der Waals surface area contributed by atoms with Gasteiger partial charge in [-0.05, 0) is 25.7 Å². The summed E-state index contributed by atoms with van der Waals surface area (Å²) < 4.78 is 0. The van der Waals surface area contributed by atoms with E-state index in [4.69, 9.17) is 5.11 Å². The lowest BCUT2D eigenvalue weighted by Crippen LogP contribution is -2.55. The van der Waals surface area contributed by atoms with E-state index in [1.807, 2.05) is 13.8 Å². The number of hydrogen-bond donors (Lipinski definition) is 4. The van der Waals surface area contributed by atoms with Crippen LogP contribution < -0.4 is 16.0 Å². The standard InChI is InChI=1S/C21H39N3O5/c1-14(2)17(24-18(27)15(3)23-20(29)21(4,5)6)19(28)22-13-11-9-7-8-10-12-16(25)26/h14-15,17H,7-13H2,1-6H3,(H,22,28)(H,23,29)(H,24,27)(H,25,26)/t15-,17-/m1/s1. The van der Waals surface area contributed by atoms with Gasteiger partial charge in [0.2, 0.25) is 17.7 Å². The Bertz CT molecular complexity index is 555. The van der Waals surface area contributed by atoms with Crippen molar-refractivity contribution in [3.63, 3.8) is 0 Å². The third-order valence-corrected chi connectivity index (χ3v) is 4.54. The Morgan fingerprint density at radius 2 is 1.38 bits per heavy atom. The normalized spacial score (nSPS) is 13.5. The van der Waals surface area contributed by atoms with Gasteiger partial charge < -0.3 is 21.1 Å². The van der Waals surface area contributed by atoms with E-state index in [9.17, 15) is 19.2 Å². The fraction of sp³-hybridized carbons (Fsp3) is 0.810. The highest BCUT2D eigenvalue weighted by molar-refractivity contribution is 5.92. The summed E-state index contributed by atoms with van der Waals surface area (Å²) in [5.74, 6) is -1.73. The molecule has 168 valence electrons. The maximum Gasteiger partial charge on any atom is 0.303 e. The van der Waals surface area contributed by atoms with Gasteiger partial charge in [-0.25, -0.2) is 0 Å². The van der Waals surface area contributed by atoms with Crippen molar-refractivity contribution in [2.75, 3.05) is 6.54 Å². The molecular weight excluding hydrogens is 374 g/mol. The summed E-state index contributed by atoms with van der Waals surface area (Å²) in [6.45, 7) is 11.1. The first-order valence-corrected chi connectivity index (χ1v) is 10.5. The van der Waals surface area contributed by atoms with E-state index in [0.717, 1.165) is 25.7 Å². The zero-order chi connectivity index (χ0) is 22.6. The number of hydrogen-bond acceptors (Lipinski definition) is 4. The predicted octanol–water partition coefficient (Wildman–Crippen LogP) is 2.22. The molecule has 0 aliphatic heterocycles. The maximum atomic E-state index is 12.5. The molecule has 0 aromatic rings. The van der Waals surface area contributed by atoms with Crippen LogP contribution in [0.3, 0.4) is 0 Å². The smallest absolute Gasteiger partial charge is 0.303 e. The summed E-state index contributed by atoms with van der Waals surface area (Å²) in [6.07, 6.45) is 4.37.